The summed E-state index contributed by atoms with van der Waals surface area (Å²) in [5, 5.41) is 13.5. The highest BCUT2D eigenvalue weighted by Gasteiger charge is 2.28. The zero-order chi connectivity index (χ0) is 17.3. The van der Waals surface area contributed by atoms with Crippen molar-refractivity contribution in [2.45, 2.75) is 6.92 Å². The zero-order valence-electron chi connectivity index (χ0n) is 12.6. The van der Waals surface area contributed by atoms with Crippen LogP contribution >= 0.6 is 0 Å². The van der Waals surface area contributed by atoms with Gasteiger partial charge < -0.3 is 10.1 Å². The first-order chi connectivity index (χ1) is 11.5. The quantitative estimate of drug-likeness (QED) is 0.531. The first kappa shape index (κ1) is 15.4. The molecule has 0 atom stereocenters. The van der Waals surface area contributed by atoms with E-state index in [2.05, 4.69) is 5.32 Å². The number of rotatable bonds is 3. The fraction of sp³-hybridized carbons (Fsp3) is 0.0588. The van der Waals surface area contributed by atoms with E-state index in [1.165, 1.54) is 25.1 Å². The van der Waals surface area contributed by atoms with Gasteiger partial charge >= 0.3 is 5.97 Å². The van der Waals surface area contributed by atoms with Crippen LogP contribution in [0.3, 0.4) is 0 Å². The Labute approximate surface area is 136 Å². The van der Waals surface area contributed by atoms with E-state index in [1.807, 2.05) is 0 Å². The third kappa shape index (κ3) is 2.87. The Bertz CT molecular complexity index is 902. The molecular weight excluding hydrogens is 312 g/mol. The van der Waals surface area contributed by atoms with Gasteiger partial charge in [0.05, 0.1) is 10.5 Å². The van der Waals surface area contributed by atoms with Crippen molar-refractivity contribution >= 4 is 35.1 Å². The van der Waals surface area contributed by atoms with E-state index in [4.69, 9.17) is 4.74 Å². The Morgan fingerprint density at radius 1 is 1.21 bits per heavy atom. The summed E-state index contributed by atoms with van der Waals surface area (Å²) in [5.41, 5.74) is 1.67. The van der Waals surface area contributed by atoms with E-state index in [9.17, 15) is 19.7 Å². The minimum atomic E-state index is -0.642. The molecular formula is C17H12N2O5. The number of amides is 1. The number of hydrogen-bond donors (Lipinski definition) is 1. The second-order valence-electron chi connectivity index (χ2n) is 5.15. The monoisotopic (exact) mass is 324 g/mol. The van der Waals surface area contributed by atoms with Crippen molar-refractivity contribution in [2.24, 2.45) is 0 Å². The van der Waals surface area contributed by atoms with Crippen molar-refractivity contribution in [1.82, 2.24) is 0 Å². The number of fused-ring (bicyclic) bond motifs is 1. The van der Waals surface area contributed by atoms with E-state index in [0.29, 0.717) is 16.8 Å². The number of non-ortho nitro benzene ring substituents is 1. The fourth-order valence-corrected chi connectivity index (χ4v) is 2.41. The standard InChI is InChI=1S/C17H12N2O5/c1-10(20)18-15-5-3-2-4-11(15)8-16-13-7-6-12(19(22)23)9-14(13)17(21)24-16/h2-9H,1H3,(H,18,20)/b16-8+. The largest absolute Gasteiger partial charge is 0.422 e. The van der Waals surface area contributed by atoms with Crippen molar-refractivity contribution in [3.8, 4) is 0 Å². The lowest BCUT2D eigenvalue weighted by molar-refractivity contribution is -0.384. The number of nitrogens with zero attached hydrogens (tertiary/aromatic N) is 1. The minimum Gasteiger partial charge on any atom is -0.422 e. The molecule has 7 heteroatoms. The van der Waals surface area contributed by atoms with E-state index in [-0.39, 0.29) is 22.9 Å². The molecule has 2 aromatic carbocycles. The highest BCUT2D eigenvalue weighted by molar-refractivity contribution is 6.06. The lowest BCUT2D eigenvalue weighted by atomic mass is 10.0. The van der Waals surface area contributed by atoms with Gasteiger partial charge in [-0.15, -0.1) is 0 Å². The van der Waals surface area contributed by atoms with E-state index < -0.39 is 10.9 Å². The number of esters is 1. The van der Waals surface area contributed by atoms with Crippen LogP contribution in [0.25, 0.3) is 11.8 Å². The van der Waals surface area contributed by atoms with Gasteiger partial charge in [0.25, 0.3) is 5.69 Å². The van der Waals surface area contributed by atoms with Gasteiger partial charge in [0, 0.05) is 35.9 Å². The predicted molar refractivity (Wildman–Crippen MR) is 87.1 cm³/mol. The molecule has 0 spiro atoms. The molecule has 2 aromatic rings. The van der Waals surface area contributed by atoms with Gasteiger partial charge in [-0.1, -0.05) is 18.2 Å². The Kier molecular flexibility index (Phi) is 3.83. The lowest BCUT2D eigenvalue weighted by Crippen LogP contribution is -2.06. The van der Waals surface area contributed by atoms with Crippen LogP contribution in [0.2, 0.25) is 0 Å². The zero-order valence-corrected chi connectivity index (χ0v) is 12.6. The Morgan fingerprint density at radius 3 is 2.67 bits per heavy atom. The maximum atomic E-state index is 11.9. The number of hydrogen-bond acceptors (Lipinski definition) is 5. The summed E-state index contributed by atoms with van der Waals surface area (Å²) in [7, 11) is 0. The average molecular weight is 324 g/mol. The number of carbonyl (C=O) groups is 2. The molecule has 1 heterocycles. The molecule has 0 aliphatic carbocycles. The minimum absolute atomic E-state index is 0.146. The van der Waals surface area contributed by atoms with Gasteiger partial charge in [0.2, 0.25) is 5.91 Å². The summed E-state index contributed by atoms with van der Waals surface area (Å²) in [6.07, 6.45) is 1.61. The Morgan fingerprint density at radius 2 is 1.96 bits per heavy atom. The van der Waals surface area contributed by atoms with Crippen LogP contribution in [0.15, 0.2) is 42.5 Å². The molecule has 1 aliphatic rings. The number of ether oxygens (including phenoxy) is 1. The molecule has 0 radical (unpaired) electrons. The van der Waals surface area contributed by atoms with Gasteiger partial charge in [-0.2, -0.15) is 0 Å². The molecule has 7 nitrogen and oxygen atoms in total. The number of nitrogens with one attached hydrogen (secondary N) is 1. The second kappa shape index (κ2) is 5.96. The van der Waals surface area contributed by atoms with Crippen LogP contribution in [0, 0.1) is 10.1 Å². The maximum absolute atomic E-state index is 11.9. The number of cyclic esters (lactones) is 1. The Balaban J connectivity index is 2.05. The average Bonchev–Trinajstić information content (AvgIpc) is 2.84. The molecule has 0 saturated carbocycles. The van der Waals surface area contributed by atoms with Crippen LogP contribution in [-0.2, 0) is 9.53 Å². The molecule has 1 amide bonds. The summed E-state index contributed by atoms with van der Waals surface area (Å²) < 4.78 is 5.22. The smallest absolute Gasteiger partial charge is 0.344 e. The number of nitro benzene ring substituents is 1. The van der Waals surface area contributed by atoms with Gasteiger partial charge in [0.15, 0.2) is 0 Å². The summed E-state index contributed by atoms with van der Waals surface area (Å²) in [5.74, 6) is -0.583. The maximum Gasteiger partial charge on any atom is 0.344 e. The number of nitro groups is 1. The molecule has 0 unspecified atom stereocenters. The second-order valence-corrected chi connectivity index (χ2v) is 5.15. The molecule has 1 N–H and O–H groups in total. The highest BCUT2D eigenvalue weighted by atomic mass is 16.6. The third-order valence-corrected chi connectivity index (χ3v) is 3.46. The lowest BCUT2D eigenvalue weighted by Gasteiger charge is -2.07. The molecule has 1 aliphatic heterocycles. The number of anilines is 1. The van der Waals surface area contributed by atoms with Crippen molar-refractivity contribution in [2.75, 3.05) is 5.32 Å². The van der Waals surface area contributed by atoms with Crippen LogP contribution < -0.4 is 5.32 Å². The van der Waals surface area contributed by atoms with Gasteiger partial charge in [-0.25, -0.2) is 4.79 Å². The SMILES string of the molecule is CC(=O)Nc1ccccc1/C=C1/OC(=O)c2cc([N+](=O)[O-])ccc21. The highest BCUT2D eigenvalue weighted by Crippen LogP contribution is 2.34. The van der Waals surface area contributed by atoms with Crippen molar-refractivity contribution < 1.29 is 19.2 Å². The first-order valence-corrected chi connectivity index (χ1v) is 7.05. The Hall–Kier alpha value is -3.48. The van der Waals surface area contributed by atoms with E-state index in [1.54, 1.807) is 30.3 Å². The van der Waals surface area contributed by atoms with Crippen LogP contribution in [0.5, 0.6) is 0 Å². The van der Waals surface area contributed by atoms with Crippen molar-refractivity contribution in [3.63, 3.8) is 0 Å². The summed E-state index contributed by atoms with van der Waals surface area (Å²) in [6, 6.07) is 11.0. The topological polar surface area (TPSA) is 98.5 Å². The third-order valence-electron chi connectivity index (χ3n) is 3.46. The van der Waals surface area contributed by atoms with Crippen LogP contribution in [0.4, 0.5) is 11.4 Å². The first-order valence-electron chi connectivity index (χ1n) is 7.05. The van der Waals surface area contributed by atoms with E-state index in [0.717, 1.165) is 0 Å². The predicted octanol–water partition coefficient (Wildman–Crippen LogP) is 3.22. The number of para-hydroxylation sites is 1. The van der Waals surface area contributed by atoms with Crippen molar-refractivity contribution in [3.05, 3.63) is 69.3 Å². The molecule has 0 fully saturated rings. The number of carbonyl (C=O) groups excluding carboxylic acids is 2. The van der Waals surface area contributed by atoms with Crippen molar-refractivity contribution in [1.29, 1.82) is 0 Å². The van der Waals surface area contributed by atoms with Gasteiger partial charge in [0.1, 0.15) is 5.76 Å². The van der Waals surface area contributed by atoms with Gasteiger partial charge in [-0.3, -0.25) is 14.9 Å². The molecule has 120 valence electrons. The van der Waals surface area contributed by atoms with E-state index >= 15 is 0 Å². The molecule has 24 heavy (non-hydrogen) atoms. The fourth-order valence-electron chi connectivity index (χ4n) is 2.41. The molecule has 0 bridgehead atoms. The van der Waals surface area contributed by atoms with Crippen LogP contribution in [0.1, 0.15) is 28.4 Å². The molecule has 0 aromatic heterocycles. The molecule has 0 saturated heterocycles. The molecule has 3 rings (SSSR count). The number of benzene rings is 2. The summed E-state index contributed by atoms with van der Waals surface area (Å²) >= 11 is 0. The summed E-state index contributed by atoms with van der Waals surface area (Å²) in [6.45, 7) is 1.40. The van der Waals surface area contributed by atoms with Gasteiger partial charge in [-0.05, 0) is 18.2 Å². The normalized spacial score (nSPS) is 14.2. The van der Waals surface area contributed by atoms with Crippen LogP contribution in [-0.4, -0.2) is 16.8 Å². The summed E-state index contributed by atoms with van der Waals surface area (Å²) in [4.78, 5) is 33.5.